The maximum Gasteiger partial charge on any atom is 0.0718 e. The molecule has 0 bridgehead atoms. The van der Waals surface area contributed by atoms with E-state index in [9.17, 15) is 0 Å². The fourth-order valence-electron chi connectivity index (χ4n) is 3.28. The standard InChI is InChI=1S/C23H21N/c1-23(2,3)17-13-14-19-21(15-17)24-20-12-8-7-11-18(20)22(19)16-9-5-4-6-10-16/h4-15H,1-3H3. The van der Waals surface area contributed by atoms with Crippen LogP contribution >= 0.6 is 0 Å². The van der Waals surface area contributed by atoms with Gasteiger partial charge in [0.1, 0.15) is 0 Å². The molecule has 24 heavy (non-hydrogen) atoms. The van der Waals surface area contributed by atoms with Crippen LogP contribution in [0, 0.1) is 0 Å². The van der Waals surface area contributed by atoms with Crippen molar-refractivity contribution in [3.63, 3.8) is 0 Å². The molecule has 1 aromatic heterocycles. The molecule has 0 fully saturated rings. The van der Waals surface area contributed by atoms with E-state index >= 15 is 0 Å². The molecule has 0 radical (unpaired) electrons. The van der Waals surface area contributed by atoms with E-state index in [1.165, 1.54) is 27.5 Å². The van der Waals surface area contributed by atoms with Gasteiger partial charge >= 0.3 is 0 Å². The fourth-order valence-corrected chi connectivity index (χ4v) is 3.28. The van der Waals surface area contributed by atoms with Gasteiger partial charge in [0.05, 0.1) is 11.0 Å². The van der Waals surface area contributed by atoms with Gasteiger partial charge in [0.2, 0.25) is 0 Å². The van der Waals surface area contributed by atoms with Crippen molar-refractivity contribution in [3.8, 4) is 11.1 Å². The van der Waals surface area contributed by atoms with Crippen molar-refractivity contribution in [2.24, 2.45) is 0 Å². The van der Waals surface area contributed by atoms with Crippen molar-refractivity contribution in [1.82, 2.24) is 4.98 Å². The Morgan fingerprint density at radius 1 is 0.667 bits per heavy atom. The van der Waals surface area contributed by atoms with Crippen LogP contribution in [0.5, 0.6) is 0 Å². The van der Waals surface area contributed by atoms with E-state index in [-0.39, 0.29) is 5.41 Å². The Labute approximate surface area is 143 Å². The second-order valence-corrected chi connectivity index (χ2v) is 7.35. The first-order chi connectivity index (χ1) is 11.5. The summed E-state index contributed by atoms with van der Waals surface area (Å²) in [5.41, 5.74) is 6.07. The number of pyridine rings is 1. The molecule has 3 aromatic carbocycles. The Hall–Kier alpha value is -2.67. The molecule has 0 N–H and O–H groups in total. The third-order valence-corrected chi connectivity index (χ3v) is 4.61. The molecule has 0 unspecified atom stereocenters. The number of benzene rings is 3. The summed E-state index contributed by atoms with van der Waals surface area (Å²) in [5.74, 6) is 0. The van der Waals surface area contributed by atoms with Crippen LogP contribution < -0.4 is 0 Å². The molecule has 0 saturated heterocycles. The number of hydrogen-bond donors (Lipinski definition) is 0. The number of rotatable bonds is 1. The monoisotopic (exact) mass is 311 g/mol. The summed E-state index contributed by atoms with van der Waals surface area (Å²) in [6.07, 6.45) is 0. The highest BCUT2D eigenvalue weighted by Gasteiger charge is 2.16. The van der Waals surface area contributed by atoms with Crippen LogP contribution in [0.3, 0.4) is 0 Å². The fraction of sp³-hybridized carbons (Fsp3) is 0.174. The van der Waals surface area contributed by atoms with E-state index in [1.807, 2.05) is 0 Å². The highest BCUT2D eigenvalue weighted by atomic mass is 14.7. The third kappa shape index (κ3) is 2.46. The van der Waals surface area contributed by atoms with E-state index in [4.69, 9.17) is 4.98 Å². The molecular formula is C23H21N. The summed E-state index contributed by atoms with van der Waals surface area (Å²) < 4.78 is 0. The average molecular weight is 311 g/mol. The van der Waals surface area contributed by atoms with Gasteiger partial charge in [0.25, 0.3) is 0 Å². The van der Waals surface area contributed by atoms with Gasteiger partial charge in [-0.2, -0.15) is 0 Å². The van der Waals surface area contributed by atoms with Crippen molar-refractivity contribution in [2.45, 2.75) is 26.2 Å². The quantitative estimate of drug-likeness (QED) is 0.373. The van der Waals surface area contributed by atoms with E-state index in [1.54, 1.807) is 0 Å². The van der Waals surface area contributed by atoms with Crippen LogP contribution in [-0.2, 0) is 5.41 Å². The molecule has 4 rings (SSSR count). The maximum absolute atomic E-state index is 4.94. The van der Waals surface area contributed by atoms with Gasteiger partial charge in [0.15, 0.2) is 0 Å². The zero-order chi connectivity index (χ0) is 16.7. The lowest BCUT2D eigenvalue weighted by Crippen LogP contribution is -2.10. The Bertz CT molecular complexity index is 1020. The van der Waals surface area contributed by atoms with Gasteiger partial charge in [0, 0.05) is 16.3 Å². The topological polar surface area (TPSA) is 12.9 Å². The van der Waals surface area contributed by atoms with Crippen molar-refractivity contribution < 1.29 is 0 Å². The first-order valence-electron chi connectivity index (χ1n) is 8.42. The molecule has 0 saturated carbocycles. The Morgan fingerprint density at radius 2 is 1.33 bits per heavy atom. The molecule has 0 spiro atoms. The highest BCUT2D eigenvalue weighted by molar-refractivity contribution is 6.09. The van der Waals surface area contributed by atoms with E-state index in [0.29, 0.717) is 0 Å². The van der Waals surface area contributed by atoms with Crippen LogP contribution in [0.25, 0.3) is 32.9 Å². The summed E-state index contributed by atoms with van der Waals surface area (Å²) in [5, 5.41) is 2.42. The molecule has 0 amide bonds. The van der Waals surface area contributed by atoms with E-state index < -0.39 is 0 Å². The number of hydrogen-bond acceptors (Lipinski definition) is 1. The summed E-state index contributed by atoms with van der Waals surface area (Å²) in [6.45, 7) is 6.73. The van der Waals surface area contributed by atoms with Crippen molar-refractivity contribution in [3.05, 3.63) is 78.4 Å². The smallest absolute Gasteiger partial charge is 0.0718 e. The minimum atomic E-state index is 0.119. The predicted octanol–water partition coefficient (Wildman–Crippen LogP) is 6.35. The summed E-state index contributed by atoms with van der Waals surface area (Å²) >= 11 is 0. The van der Waals surface area contributed by atoms with Crippen LogP contribution in [0.1, 0.15) is 26.3 Å². The second kappa shape index (κ2) is 5.45. The summed E-state index contributed by atoms with van der Waals surface area (Å²) in [7, 11) is 0. The van der Waals surface area contributed by atoms with Gasteiger partial charge in [-0.25, -0.2) is 4.98 Å². The molecule has 0 atom stereocenters. The van der Waals surface area contributed by atoms with Crippen LogP contribution in [0.2, 0.25) is 0 Å². The molecule has 1 nitrogen and oxygen atoms in total. The zero-order valence-electron chi connectivity index (χ0n) is 14.4. The van der Waals surface area contributed by atoms with E-state index in [0.717, 1.165) is 11.0 Å². The largest absolute Gasteiger partial charge is 0.248 e. The maximum atomic E-state index is 4.94. The molecule has 118 valence electrons. The molecule has 1 heterocycles. The average Bonchev–Trinajstić information content (AvgIpc) is 2.59. The van der Waals surface area contributed by atoms with Gasteiger partial charge in [-0.3, -0.25) is 0 Å². The normalized spacial score (nSPS) is 12.0. The van der Waals surface area contributed by atoms with Gasteiger partial charge in [-0.15, -0.1) is 0 Å². The molecule has 0 aliphatic rings. The SMILES string of the molecule is CC(C)(C)c1ccc2c(-c3ccccc3)c3ccccc3nc2c1. The lowest BCUT2D eigenvalue weighted by molar-refractivity contribution is 0.591. The summed E-state index contributed by atoms with van der Waals surface area (Å²) in [6, 6.07) is 25.8. The van der Waals surface area contributed by atoms with Crippen molar-refractivity contribution in [1.29, 1.82) is 0 Å². The minimum absolute atomic E-state index is 0.119. The Morgan fingerprint density at radius 3 is 2.08 bits per heavy atom. The molecule has 0 aliphatic heterocycles. The second-order valence-electron chi connectivity index (χ2n) is 7.35. The predicted molar refractivity (Wildman–Crippen MR) is 103 cm³/mol. The first kappa shape index (κ1) is 14.9. The first-order valence-corrected chi connectivity index (χ1v) is 8.42. The number of para-hydroxylation sites is 1. The lowest BCUT2D eigenvalue weighted by atomic mass is 9.85. The third-order valence-electron chi connectivity index (χ3n) is 4.61. The van der Waals surface area contributed by atoms with Crippen LogP contribution in [0.15, 0.2) is 72.8 Å². The zero-order valence-corrected chi connectivity index (χ0v) is 14.4. The van der Waals surface area contributed by atoms with Crippen LogP contribution in [-0.4, -0.2) is 4.98 Å². The molecule has 1 heteroatoms. The van der Waals surface area contributed by atoms with Gasteiger partial charge < -0.3 is 0 Å². The lowest BCUT2D eigenvalue weighted by Gasteiger charge is -2.20. The number of nitrogens with zero attached hydrogens (tertiary/aromatic N) is 1. The van der Waals surface area contributed by atoms with Crippen LogP contribution in [0.4, 0.5) is 0 Å². The number of aromatic nitrogens is 1. The summed E-state index contributed by atoms with van der Waals surface area (Å²) in [4.78, 5) is 4.94. The van der Waals surface area contributed by atoms with Gasteiger partial charge in [-0.1, -0.05) is 81.4 Å². The van der Waals surface area contributed by atoms with Crippen molar-refractivity contribution in [2.75, 3.05) is 0 Å². The van der Waals surface area contributed by atoms with Gasteiger partial charge in [-0.05, 0) is 28.7 Å². The molecule has 4 aromatic rings. The Kier molecular flexibility index (Phi) is 3.38. The van der Waals surface area contributed by atoms with Crippen molar-refractivity contribution >= 4 is 21.8 Å². The molecule has 0 aliphatic carbocycles. The molecular weight excluding hydrogens is 290 g/mol. The van der Waals surface area contributed by atoms with E-state index in [2.05, 4.69) is 93.6 Å². The minimum Gasteiger partial charge on any atom is -0.248 e. The number of fused-ring (bicyclic) bond motifs is 2. The Balaban J connectivity index is 2.13. The highest BCUT2D eigenvalue weighted by Crippen LogP contribution is 2.36.